The molecule has 86 valence electrons. The van der Waals surface area contributed by atoms with Crippen molar-refractivity contribution in [1.82, 2.24) is 20.3 Å². The molecule has 8 heteroatoms. The van der Waals surface area contributed by atoms with Crippen molar-refractivity contribution >= 4 is 0 Å². The van der Waals surface area contributed by atoms with Gasteiger partial charge in [0.25, 0.3) is 0 Å². The number of nitrogens with zero attached hydrogens (tertiary/aromatic N) is 3. The molecule has 0 amide bonds. The average molecular weight is 224 g/mol. The third-order valence-electron chi connectivity index (χ3n) is 1.71. The summed E-state index contributed by atoms with van der Waals surface area (Å²) in [5.74, 6) is 0. The van der Waals surface area contributed by atoms with Crippen molar-refractivity contribution in [3.05, 3.63) is 12.4 Å². The number of alkyl halides is 3. The summed E-state index contributed by atoms with van der Waals surface area (Å²) in [5.41, 5.74) is 0. The van der Waals surface area contributed by atoms with Crippen molar-refractivity contribution in [2.24, 2.45) is 0 Å². The first-order chi connectivity index (χ1) is 7.00. The molecule has 0 fully saturated rings. The maximum Gasteiger partial charge on any atom is 0.415 e. The molecule has 1 rings (SSSR count). The molecule has 0 aliphatic carbocycles. The lowest BCUT2D eigenvalue weighted by Gasteiger charge is -2.14. The van der Waals surface area contributed by atoms with Crippen molar-refractivity contribution in [2.75, 3.05) is 13.1 Å². The molecule has 0 radical (unpaired) electrons. The van der Waals surface area contributed by atoms with Crippen molar-refractivity contribution in [1.29, 1.82) is 0 Å². The molecule has 1 atom stereocenters. The summed E-state index contributed by atoms with van der Waals surface area (Å²) in [6.07, 6.45) is -3.82. The second-order valence-corrected chi connectivity index (χ2v) is 2.93. The van der Waals surface area contributed by atoms with Gasteiger partial charge in [0.2, 0.25) is 0 Å². The van der Waals surface area contributed by atoms with Crippen molar-refractivity contribution < 1.29 is 18.3 Å². The molecular weight excluding hydrogens is 213 g/mol. The highest BCUT2D eigenvalue weighted by atomic mass is 19.4. The maximum atomic E-state index is 11.8. The van der Waals surface area contributed by atoms with Gasteiger partial charge in [-0.05, 0) is 0 Å². The predicted molar refractivity (Wildman–Crippen MR) is 45.0 cm³/mol. The molecule has 1 heterocycles. The van der Waals surface area contributed by atoms with E-state index in [9.17, 15) is 13.2 Å². The van der Waals surface area contributed by atoms with Crippen LogP contribution in [0, 0.1) is 0 Å². The first-order valence-corrected chi connectivity index (χ1v) is 4.30. The predicted octanol–water partition coefficient (Wildman–Crippen LogP) is -0.209. The summed E-state index contributed by atoms with van der Waals surface area (Å²) < 4.78 is 37.0. The number of aromatic nitrogens is 3. The van der Waals surface area contributed by atoms with Gasteiger partial charge < -0.3 is 10.4 Å². The minimum atomic E-state index is -4.57. The van der Waals surface area contributed by atoms with Gasteiger partial charge in [0.15, 0.2) is 6.10 Å². The summed E-state index contributed by atoms with van der Waals surface area (Å²) in [5, 5.41) is 18.2. The molecular formula is C7H11F3N4O. The summed E-state index contributed by atoms with van der Waals surface area (Å²) in [6, 6.07) is 0. The normalized spacial score (nSPS) is 14.1. The van der Waals surface area contributed by atoms with Gasteiger partial charge in [-0.2, -0.15) is 13.2 Å². The molecule has 1 unspecified atom stereocenters. The fourth-order valence-electron chi connectivity index (χ4n) is 0.900. The zero-order chi connectivity index (χ0) is 11.3. The van der Waals surface area contributed by atoms with Crippen LogP contribution in [-0.4, -0.2) is 45.5 Å². The SMILES string of the molecule is OC(CNCCn1ccnn1)C(F)(F)F. The molecule has 0 bridgehead atoms. The van der Waals surface area contributed by atoms with E-state index in [-0.39, 0.29) is 6.54 Å². The largest absolute Gasteiger partial charge is 0.415 e. The number of halogens is 3. The van der Waals surface area contributed by atoms with Crippen LogP contribution in [0.5, 0.6) is 0 Å². The van der Waals surface area contributed by atoms with Gasteiger partial charge in [-0.3, -0.25) is 4.68 Å². The quantitative estimate of drug-likeness (QED) is 0.679. The fraction of sp³-hybridized carbons (Fsp3) is 0.714. The van der Waals surface area contributed by atoms with Gasteiger partial charge in [0, 0.05) is 19.3 Å². The molecule has 0 aliphatic heterocycles. The van der Waals surface area contributed by atoms with Crippen LogP contribution in [0.4, 0.5) is 13.2 Å². The Morgan fingerprint density at radius 2 is 2.20 bits per heavy atom. The molecule has 1 aromatic rings. The van der Waals surface area contributed by atoms with Crippen LogP contribution in [0.15, 0.2) is 12.4 Å². The highest BCUT2D eigenvalue weighted by Gasteiger charge is 2.37. The summed E-state index contributed by atoms with van der Waals surface area (Å²) >= 11 is 0. The van der Waals surface area contributed by atoms with E-state index in [1.165, 1.54) is 10.9 Å². The lowest BCUT2D eigenvalue weighted by atomic mass is 10.3. The summed E-state index contributed by atoms with van der Waals surface area (Å²) in [7, 11) is 0. The van der Waals surface area contributed by atoms with Gasteiger partial charge in [0.05, 0.1) is 12.7 Å². The third kappa shape index (κ3) is 4.26. The summed E-state index contributed by atoms with van der Waals surface area (Å²) in [4.78, 5) is 0. The first-order valence-electron chi connectivity index (χ1n) is 4.30. The van der Waals surface area contributed by atoms with Crippen molar-refractivity contribution in [2.45, 2.75) is 18.8 Å². The van der Waals surface area contributed by atoms with Crippen LogP contribution >= 0.6 is 0 Å². The Morgan fingerprint density at radius 3 is 2.73 bits per heavy atom. The summed E-state index contributed by atoms with van der Waals surface area (Å²) in [6.45, 7) is 0.180. The second-order valence-electron chi connectivity index (χ2n) is 2.93. The van der Waals surface area contributed by atoms with Crippen molar-refractivity contribution in [3.63, 3.8) is 0 Å². The number of aliphatic hydroxyl groups is 1. The number of aliphatic hydroxyl groups excluding tert-OH is 1. The highest BCUT2D eigenvalue weighted by molar-refractivity contribution is 4.68. The lowest BCUT2D eigenvalue weighted by Crippen LogP contribution is -2.39. The van der Waals surface area contributed by atoms with Crippen LogP contribution < -0.4 is 5.32 Å². The zero-order valence-electron chi connectivity index (χ0n) is 7.78. The molecule has 5 nitrogen and oxygen atoms in total. The van der Waals surface area contributed by atoms with Crippen molar-refractivity contribution in [3.8, 4) is 0 Å². The smallest absolute Gasteiger partial charge is 0.382 e. The van der Waals surface area contributed by atoms with Gasteiger partial charge in [-0.15, -0.1) is 5.10 Å². The molecule has 0 aromatic carbocycles. The van der Waals surface area contributed by atoms with Gasteiger partial charge >= 0.3 is 6.18 Å². The Balaban J connectivity index is 2.12. The molecule has 0 saturated heterocycles. The Bertz CT molecular complexity index is 274. The number of hydrogen-bond acceptors (Lipinski definition) is 4. The van der Waals surface area contributed by atoms with E-state index in [0.29, 0.717) is 6.54 Å². The minimum absolute atomic E-state index is 0.288. The Hall–Kier alpha value is -1.15. The van der Waals surface area contributed by atoms with E-state index < -0.39 is 18.8 Å². The molecule has 15 heavy (non-hydrogen) atoms. The van der Waals surface area contributed by atoms with E-state index in [4.69, 9.17) is 5.11 Å². The number of hydrogen-bond donors (Lipinski definition) is 2. The van der Waals surface area contributed by atoms with Crippen LogP contribution in [0.1, 0.15) is 0 Å². The standard InChI is InChI=1S/C7H11F3N4O/c8-7(9,10)6(15)5-11-1-3-14-4-2-12-13-14/h2,4,6,11,15H,1,3,5H2. The topological polar surface area (TPSA) is 63.0 Å². The van der Waals surface area contributed by atoms with Gasteiger partial charge in [-0.1, -0.05) is 5.21 Å². The van der Waals surface area contributed by atoms with E-state index in [2.05, 4.69) is 15.6 Å². The van der Waals surface area contributed by atoms with Gasteiger partial charge in [0.1, 0.15) is 0 Å². The van der Waals surface area contributed by atoms with Crippen LogP contribution in [-0.2, 0) is 6.54 Å². The van der Waals surface area contributed by atoms with E-state index >= 15 is 0 Å². The maximum absolute atomic E-state index is 11.8. The Labute approximate surface area is 83.9 Å². The van der Waals surface area contributed by atoms with E-state index in [1.807, 2.05) is 0 Å². The molecule has 0 aliphatic rings. The second kappa shape index (κ2) is 5.08. The zero-order valence-corrected chi connectivity index (χ0v) is 7.78. The van der Waals surface area contributed by atoms with Crippen LogP contribution in [0.3, 0.4) is 0 Å². The van der Waals surface area contributed by atoms with E-state index in [1.54, 1.807) is 6.20 Å². The Kier molecular flexibility index (Phi) is 4.04. The van der Waals surface area contributed by atoms with Gasteiger partial charge in [-0.25, -0.2) is 0 Å². The van der Waals surface area contributed by atoms with Crippen LogP contribution in [0.25, 0.3) is 0 Å². The Morgan fingerprint density at radius 1 is 1.47 bits per heavy atom. The molecule has 1 aromatic heterocycles. The molecule has 0 saturated carbocycles. The first kappa shape index (κ1) is 11.9. The number of nitrogens with one attached hydrogen (secondary N) is 1. The monoisotopic (exact) mass is 224 g/mol. The van der Waals surface area contributed by atoms with E-state index in [0.717, 1.165) is 0 Å². The molecule has 2 N–H and O–H groups in total. The third-order valence-corrected chi connectivity index (χ3v) is 1.71. The number of rotatable bonds is 5. The fourth-order valence-corrected chi connectivity index (χ4v) is 0.900. The van der Waals surface area contributed by atoms with Crippen LogP contribution in [0.2, 0.25) is 0 Å². The molecule has 0 spiro atoms. The highest BCUT2D eigenvalue weighted by Crippen LogP contribution is 2.18. The average Bonchev–Trinajstić information content (AvgIpc) is 2.63. The minimum Gasteiger partial charge on any atom is -0.382 e. The lowest BCUT2D eigenvalue weighted by molar-refractivity contribution is -0.201.